The number of hydrogen-bond donors (Lipinski definition) is 0. The second-order valence-corrected chi connectivity index (χ2v) is 8.50. The normalized spacial score (nSPS) is 14.9. The lowest BCUT2D eigenvalue weighted by Gasteiger charge is -2.11. The van der Waals surface area contributed by atoms with Gasteiger partial charge in [0.15, 0.2) is 23.2 Å². The van der Waals surface area contributed by atoms with Gasteiger partial charge >= 0.3 is 0 Å². The summed E-state index contributed by atoms with van der Waals surface area (Å²) in [4.78, 5) is 0. The van der Waals surface area contributed by atoms with Crippen LogP contribution in [0.3, 0.4) is 0 Å². The van der Waals surface area contributed by atoms with Gasteiger partial charge in [-0.15, -0.1) is 0 Å². The van der Waals surface area contributed by atoms with Crippen molar-refractivity contribution < 1.29 is 27.0 Å². The predicted molar refractivity (Wildman–Crippen MR) is 131 cm³/mol. The summed E-state index contributed by atoms with van der Waals surface area (Å²) < 4.78 is 68.8. The Bertz CT molecular complexity index is 1420. The number of epoxide rings is 1. The van der Waals surface area contributed by atoms with Gasteiger partial charge in [-0.1, -0.05) is 72.8 Å². The van der Waals surface area contributed by atoms with Gasteiger partial charge in [-0.05, 0) is 41.3 Å². The maximum atomic E-state index is 15.0. The van der Waals surface area contributed by atoms with Gasteiger partial charge in [0.25, 0.3) is 0 Å². The van der Waals surface area contributed by atoms with Crippen LogP contribution in [0.4, 0.5) is 17.6 Å². The van der Waals surface area contributed by atoms with Crippen molar-refractivity contribution in [3.63, 3.8) is 0 Å². The van der Waals surface area contributed by atoms with E-state index in [1.54, 1.807) is 48.5 Å². The Hall–Kier alpha value is -3.90. The average molecular weight is 490 g/mol. The number of halogens is 4. The Morgan fingerprint density at radius 2 is 1.33 bits per heavy atom. The van der Waals surface area contributed by atoms with E-state index >= 15 is 0 Å². The predicted octanol–water partition coefficient (Wildman–Crippen LogP) is 8.26. The topological polar surface area (TPSA) is 21.8 Å². The molecule has 0 N–H and O–H groups in total. The fourth-order valence-electron chi connectivity index (χ4n) is 4.04. The van der Waals surface area contributed by atoms with Crippen LogP contribution in [-0.2, 0) is 11.3 Å². The third kappa shape index (κ3) is 4.77. The third-order valence-corrected chi connectivity index (χ3v) is 6.08. The van der Waals surface area contributed by atoms with E-state index in [1.807, 2.05) is 31.2 Å². The van der Waals surface area contributed by atoms with Crippen LogP contribution in [0.5, 0.6) is 5.75 Å². The zero-order chi connectivity index (χ0) is 25.2. The minimum absolute atomic E-state index is 0.0189. The molecule has 0 radical (unpaired) electrons. The minimum atomic E-state index is -1.06. The highest BCUT2D eigenvalue weighted by atomic mass is 19.2. The molecule has 0 bridgehead atoms. The Morgan fingerprint density at radius 1 is 0.750 bits per heavy atom. The molecule has 1 atom stereocenters. The number of hydrogen-bond acceptors (Lipinski definition) is 2. The lowest BCUT2D eigenvalue weighted by molar-refractivity contribution is 0.283. The van der Waals surface area contributed by atoms with Gasteiger partial charge in [-0.25, -0.2) is 13.2 Å². The molecule has 0 aliphatic carbocycles. The summed E-state index contributed by atoms with van der Waals surface area (Å²) in [7, 11) is 0. The summed E-state index contributed by atoms with van der Waals surface area (Å²) in [5.41, 5.74) is 3.18. The molecule has 4 aromatic rings. The van der Waals surface area contributed by atoms with Crippen LogP contribution in [0.2, 0.25) is 0 Å². The zero-order valence-electron chi connectivity index (χ0n) is 19.4. The van der Waals surface area contributed by atoms with Gasteiger partial charge < -0.3 is 9.47 Å². The molecule has 5 rings (SSSR count). The van der Waals surface area contributed by atoms with Crippen molar-refractivity contribution in [3.8, 4) is 28.0 Å². The average Bonchev–Trinajstić information content (AvgIpc) is 3.73. The Morgan fingerprint density at radius 3 is 1.89 bits per heavy atom. The molecule has 1 aliphatic rings. The number of benzene rings is 4. The smallest absolute Gasteiger partial charge is 0.201 e. The first kappa shape index (κ1) is 23.8. The van der Waals surface area contributed by atoms with Crippen LogP contribution in [-0.4, -0.2) is 6.61 Å². The second kappa shape index (κ2) is 9.99. The molecule has 36 heavy (non-hydrogen) atoms. The van der Waals surface area contributed by atoms with Crippen molar-refractivity contribution in [3.05, 3.63) is 119 Å². The monoisotopic (exact) mass is 490 g/mol. The molecule has 0 spiro atoms. The third-order valence-electron chi connectivity index (χ3n) is 6.08. The lowest BCUT2D eigenvalue weighted by atomic mass is 9.97. The highest BCUT2D eigenvalue weighted by Crippen LogP contribution is 2.35. The first-order chi connectivity index (χ1) is 17.5. The Labute approximate surface area is 206 Å². The van der Waals surface area contributed by atoms with E-state index in [9.17, 15) is 17.6 Å². The molecule has 1 heterocycles. The fourth-order valence-corrected chi connectivity index (χ4v) is 4.04. The van der Waals surface area contributed by atoms with E-state index in [4.69, 9.17) is 9.47 Å². The summed E-state index contributed by atoms with van der Waals surface area (Å²) in [5.74, 6) is -4.10. The van der Waals surface area contributed by atoms with Gasteiger partial charge in [-0.2, -0.15) is 4.39 Å². The highest BCUT2D eigenvalue weighted by molar-refractivity contribution is 5.72. The standard InChI is InChI=1S/C30H22F4O2/c1-2-3-18-4-8-20(9-5-18)22-12-13-23(28(32)27(22)31)21-10-6-19(7-11-21)16-35-25-15-14-24(26-17-36-26)29(33)30(25)34/h2-15,26H,16-17H2,1H3/b3-2+. The number of allylic oxidation sites excluding steroid dienone is 1. The van der Waals surface area contributed by atoms with Crippen LogP contribution < -0.4 is 4.74 Å². The van der Waals surface area contributed by atoms with Gasteiger partial charge in [-0.3, -0.25) is 0 Å². The summed E-state index contributed by atoms with van der Waals surface area (Å²) in [6.45, 7) is 2.26. The summed E-state index contributed by atoms with van der Waals surface area (Å²) >= 11 is 0. The first-order valence-electron chi connectivity index (χ1n) is 11.5. The van der Waals surface area contributed by atoms with Crippen molar-refractivity contribution in [1.29, 1.82) is 0 Å². The summed E-state index contributed by atoms with van der Waals surface area (Å²) in [6.07, 6.45) is 3.43. The van der Waals surface area contributed by atoms with E-state index < -0.39 is 29.4 Å². The maximum Gasteiger partial charge on any atom is 0.201 e. The quantitative estimate of drug-likeness (QED) is 0.192. The van der Waals surface area contributed by atoms with Gasteiger partial charge in [0, 0.05) is 16.7 Å². The molecule has 1 saturated heterocycles. The Kier molecular flexibility index (Phi) is 6.61. The van der Waals surface area contributed by atoms with E-state index in [0.29, 0.717) is 23.3 Å². The van der Waals surface area contributed by atoms with Crippen LogP contribution in [0.25, 0.3) is 28.3 Å². The van der Waals surface area contributed by atoms with Gasteiger partial charge in [0.05, 0.1) is 6.61 Å². The molecule has 0 aromatic heterocycles. The molecule has 1 aliphatic heterocycles. The van der Waals surface area contributed by atoms with E-state index in [-0.39, 0.29) is 29.0 Å². The molecular weight excluding hydrogens is 468 g/mol. The van der Waals surface area contributed by atoms with E-state index in [2.05, 4.69) is 0 Å². The molecule has 4 aromatic carbocycles. The first-order valence-corrected chi connectivity index (χ1v) is 11.5. The number of ether oxygens (including phenoxy) is 2. The summed E-state index contributed by atoms with van der Waals surface area (Å²) in [5, 5.41) is 0. The molecule has 6 heteroatoms. The summed E-state index contributed by atoms with van der Waals surface area (Å²) in [6, 6.07) is 19.7. The van der Waals surface area contributed by atoms with Gasteiger partial charge in [0.2, 0.25) is 5.82 Å². The van der Waals surface area contributed by atoms with Crippen LogP contribution in [0.15, 0.2) is 78.9 Å². The molecule has 0 saturated carbocycles. The van der Waals surface area contributed by atoms with Crippen LogP contribution >= 0.6 is 0 Å². The van der Waals surface area contributed by atoms with Crippen LogP contribution in [0, 0.1) is 23.3 Å². The zero-order valence-corrected chi connectivity index (χ0v) is 19.4. The SMILES string of the molecule is C/C=C/c1ccc(-c2ccc(-c3ccc(COc4ccc(C5CO5)c(F)c4F)cc3)c(F)c2F)cc1. The van der Waals surface area contributed by atoms with E-state index in [0.717, 1.165) is 5.56 Å². The maximum absolute atomic E-state index is 15.0. The van der Waals surface area contributed by atoms with Crippen LogP contribution in [0.1, 0.15) is 29.7 Å². The lowest BCUT2D eigenvalue weighted by Crippen LogP contribution is -2.01. The molecule has 0 amide bonds. The van der Waals surface area contributed by atoms with Crippen molar-refractivity contribution in [1.82, 2.24) is 0 Å². The highest BCUT2D eigenvalue weighted by Gasteiger charge is 2.30. The largest absolute Gasteiger partial charge is 0.486 e. The Balaban J connectivity index is 1.31. The number of rotatable bonds is 7. The molecular formula is C30H22F4O2. The molecule has 182 valence electrons. The minimum Gasteiger partial charge on any atom is -0.486 e. The molecule has 2 nitrogen and oxygen atoms in total. The van der Waals surface area contributed by atoms with Crippen molar-refractivity contribution >= 4 is 6.08 Å². The second-order valence-electron chi connectivity index (χ2n) is 8.50. The van der Waals surface area contributed by atoms with Crippen molar-refractivity contribution in [2.75, 3.05) is 6.61 Å². The molecule has 1 fully saturated rings. The molecule has 1 unspecified atom stereocenters. The van der Waals surface area contributed by atoms with E-state index in [1.165, 1.54) is 12.1 Å². The van der Waals surface area contributed by atoms with Gasteiger partial charge in [0.1, 0.15) is 12.7 Å². The van der Waals surface area contributed by atoms with Crippen molar-refractivity contribution in [2.24, 2.45) is 0 Å². The fraction of sp³-hybridized carbons (Fsp3) is 0.133. The van der Waals surface area contributed by atoms with Crippen molar-refractivity contribution in [2.45, 2.75) is 19.6 Å².